The maximum atomic E-state index is 2.37. The van der Waals surface area contributed by atoms with E-state index in [0.717, 1.165) is 0 Å². The van der Waals surface area contributed by atoms with Crippen LogP contribution < -0.4 is 0 Å². The third-order valence-electron chi connectivity index (χ3n) is 1.97. The van der Waals surface area contributed by atoms with E-state index in [4.69, 9.17) is 0 Å². The first-order valence-corrected chi connectivity index (χ1v) is 6.38. The van der Waals surface area contributed by atoms with Crippen LogP contribution in [0.2, 0.25) is 0 Å². The average Bonchev–Trinajstić information content (AvgIpc) is 2.50. The minimum absolute atomic E-state index is 0.0538. The quantitative estimate of drug-likeness (QED) is 0.689. The molecular formula is C10H10Te. The Balaban J connectivity index is 2.79. The number of hydrogen-bond donors (Lipinski definition) is 0. The number of aryl methyl sites for hydroxylation is 1. The molecule has 1 aromatic heterocycles. The number of rotatable bonds is 1. The molecule has 1 heteroatoms. The summed E-state index contributed by atoms with van der Waals surface area (Å²) >= 11 is 0.0538. The van der Waals surface area contributed by atoms with E-state index in [1.807, 2.05) is 0 Å². The Labute approximate surface area is 76.5 Å². The van der Waals surface area contributed by atoms with E-state index >= 15 is 0 Å². The molecule has 0 saturated carbocycles. The zero-order valence-corrected chi connectivity index (χ0v) is 8.83. The predicted molar refractivity (Wildman–Crippen MR) is 50.3 cm³/mol. The summed E-state index contributed by atoms with van der Waals surface area (Å²) in [5.41, 5.74) is 1.52. The molecule has 0 aliphatic carbocycles. The van der Waals surface area contributed by atoms with Crippen LogP contribution in [-0.2, 0) is 6.42 Å². The van der Waals surface area contributed by atoms with Gasteiger partial charge in [0, 0.05) is 0 Å². The first-order valence-electron chi connectivity index (χ1n) is 3.87. The molecule has 0 radical (unpaired) electrons. The van der Waals surface area contributed by atoms with Gasteiger partial charge in [0.2, 0.25) is 0 Å². The Hall–Kier alpha value is -0.250. The van der Waals surface area contributed by atoms with Crippen molar-refractivity contribution in [1.82, 2.24) is 0 Å². The molecule has 0 aliphatic rings. The van der Waals surface area contributed by atoms with Gasteiger partial charge in [-0.15, -0.1) is 0 Å². The van der Waals surface area contributed by atoms with Gasteiger partial charge in [-0.1, -0.05) is 0 Å². The fourth-order valence-electron chi connectivity index (χ4n) is 1.37. The summed E-state index contributed by atoms with van der Waals surface area (Å²) in [6, 6.07) is 9.00. The Morgan fingerprint density at radius 3 is 3.00 bits per heavy atom. The van der Waals surface area contributed by atoms with Crippen molar-refractivity contribution >= 4 is 29.2 Å². The molecular weight excluding hydrogens is 248 g/mol. The summed E-state index contributed by atoms with van der Waals surface area (Å²) in [5.74, 6) is 0. The molecule has 0 N–H and O–H groups in total. The summed E-state index contributed by atoms with van der Waals surface area (Å²) in [6.07, 6.45) is 1.17. The summed E-state index contributed by atoms with van der Waals surface area (Å²) in [5, 5.41) is 1.53. The fraction of sp³-hybridized carbons (Fsp3) is 0.200. The Bertz CT molecular complexity index is 360. The molecule has 56 valence electrons. The van der Waals surface area contributed by atoms with Crippen molar-refractivity contribution in [1.29, 1.82) is 0 Å². The Morgan fingerprint density at radius 1 is 1.27 bits per heavy atom. The Morgan fingerprint density at radius 2 is 2.18 bits per heavy atom. The average molecular weight is 258 g/mol. The number of hydrogen-bond acceptors (Lipinski definition) is 0. The molecule has 0 atom stereocenters. The van der Waals surface area contributed by atoms with Gasteiger partial charge in [-0.05, 0) is 0 Å². The molecule has 11 heavy (non-hydrogen) atoms. The van der Waals surface area contributed by atoms with E-state index < -0.39 is 0 Å². The van der Waals surface area contributed by atoms with Crippen molar-refractivity contribution in [2.75, 3.05) is 0 Å². The van der Waals surface area contributed by atoms with Crippen molar-refractivity contribution < 1.29 is 0 Å². The number of fused-ring (bicyclic) bond motifs is 1. The van der Waals surface area contributed by atoms with Gasteiger partial charge in [0.05, 0.1) is 0 Å². The monoisotopic (exact) mass is 260 g/mol. The van der Waals surface area contributed by atoms with Gasteiger partial charge in [0.1, 0.15) is 0 Å². The van der Waals surface area contributed by atoms with E-state index in [0.29, 0.717) is 0 Å². The molecule has 0 aliphatic heterocycles. The van der Waals surface area contributed by atoms with Gasteiger partial charge in [0.25, 0.3) is 0 Å². The van der Waals surface area contributed by atoms with E-state index in [1.165, 1.54) is 17.4 Å². The molecule has 2 rings (SSSR count). The number of benzene rings is 1. The van der Waals surface area contributed by atoms with Gasteiger partial charge in [-0.3, -0.25) is 0 Å². The van der Waals surface area contributed by atoms with E-state index in [9.17, 15) is 0 Å². The van der Waals surface area contributed by atoms with Crippen molar-refractivity contribution in [3.05, 3.63) is 33.9 Å². The normalized spacial score (nSPS) is 10.6. The van der Waals surface area contributed by atoms with Gasteiger partial charge < -0.3 is 0 Å². The molecule has 0 bridgehead atoms. The second kappa shape index (κ2) is 3.01. The van der Waals surface area contributed by atoms with Crippen LogP contribution in [0.3, 0.4) is 0 Å². The second-order valence-corrected chi connectivity index (χ2v) is 5.31. The standard InChI is InChI=1S/C10H10Te/c1-2-8-4-3-5-10-9(8)6-7-11-10/h3-7H,2H2,1H3. The second-order valence-electron chi connectivity index (χ2n) is 2.60. The van der Waals surface area contributed by atoms with E-state index in [-0.39, 0.29) is 20.4 Å². The molecule has 2 aromatic rings. The van der Waals surface area contributed by atoms with Gasteiger partial charge in [-0.25, -0.2) is 0 Å². The molecule has 0 nitrogen and oxygen atoms in total. The summed E-state index contributed by atoms with van der Waals surface area (Å²) < 4.78 is 3.99. The fourth-order valence-corrected chi connectivity index (χ4v) is 3.75. The first-order chi connectivity index (χ1) is 5.42. The molecule has 0 fully saturated rings. The van der Waals surface area contributed by atoms with Gasteiger partial charge in [-0.2, -0.15) is 0 Å². The Kier molecular flexibility index (Phi) is 2.02. The predicted octanol–water partition coefficient (Wildman–Crippen LogP) is 2.46. The molecule has 0 unspecified atom stereocenters. The van der Waals surface area contributed by atoms with Crippen LogP contribution in [0.5, 0.6) is 0 Å². The third-order valence-corrected chi connectivity index (χ3v) is 4.48. The molecule has 1 heterocycles. The SMILES string of the molecule is CCc1cccc2[te]ccc12. The van der Waals surface area contributed by atoms with Crippen LogP contribution in [0, 0.1) is 0 Å². The van der Waals surface area contributed by atoms with Crippen LogP contribution in [0.15, 0.2) is 28.3 Å². The minimum atomic E-state index is 0.0538. The zero-order chi connectivity index (χ0) is 7.68. The van der Waals surface area contributed by atoms with Crippen LogP contribution in [-0.4, -0.2) is 20.4 Å². The van der Waals surface area contributed by atoms with E-state index in [2.05, 4.69) is 35.3 Å². The van der Waals surface area contributed by atoms with Crippen LogP contribution >= 0.6 is 0 Å². The molecule has 0 amide bonds. The molecule has 0 spiro atoms. The van der Waals surface area contributed by atoms with E-state index in [1.54, 1.807) is 3.40 Å². The van der Waals surface area contributed by atoms with Crippen molar-refractivity contribution in [3.63, 3.8) is 0 Å². The first kappa shape index (κ1) is 7.40. The van der Waals surface area contributed by atoms with Crippen molar-refractivity contribution in [3.8, 4) is 0 Å². The summed E-state index contributed by atoms with van der Waals surface area (Å²) in [4.78, 5) is 0. The summed E-state index contributed by atoms with van der Waals surface area (Å²) in [7, 11) is 0. The summed E-state index contributed by atoms with van der Waals surface area (Å²) in [6.45, 7) is 2.22. The maximum absolute atomic E-state index is 2.37. The van der Waals surface area contributed by atoms with Gasteiger partial charge in [0.15, 0.2) is 0 Å². The van der Waals surface area contributed by atoms with Crippen molar-refractivity contribution in [2.45, 2.75) is 13.3 Å². The van der Waals surface area contributed by atoms with Crippen LogP contribution in [0.4, 0.5) is 0 Å². The van der Waals surface area contributed by atoms with Crippen LogP contribution in [0.25, 0.3) is 8.79 Å². The molecule has 0 saturated heterocycles. The van der Waals surface area contributed by atoms with Gasteiger partial charge >= 0.3 is 76.5 Å². The topological polar surface area (TPSA) is 0 Å². The third kappa shape index (κ3) is 1.24. The molecule has 1 aromatic carbocycles. The zero-order valence-electron chi connectivity index (χ0n) is 6.50. The van der Waals surface area contributed by atoms with Crippen molar-refractivity contribution in [2.24, 2.45) is 0 Å². The van der Waals surface area contributed by atoms with Crippen LogP contribution in [0.1, 0.15) is 12.5 Å².